The van der Waals surface area contributed by atoms with Crippen LogP contribution in [0.5, 0.6) is 0 Å². The molecule has 0 aliphatic heterocycles. The summed E-state index contributed by atoms with van der Waals surface area (Å²) >= 11 is -1.96. The van der Waals surface area contributed by atoms with Crippen LogP contribution in [0.3, 0.4) is 0 Å². The molecule has 1 aromatic carbocycles. The Balaban J connectivity index is 2.26. The second-order valence-corrected chi connectivity index (χ2v) is 23.3. The van der Waals surface area contributed by atoms with Crippen molar-refractivity contribution < 1.29 is 4.92 Å². The van der Waals surface area contributed by atoms with Gasteiger partial charge in [0.2, 0.25) is 0 Å². The van der Waals surface area contributed by atoms with E-state index in [1.54, 1.807) is 12.1 Å². The number of allylic oxidation sites excluding steroid dienone is 2. The van der Waals surface area contributed by atoms with Gasteiger partial charge in [-0.1, -0.05) is 0 Å². The predicted octanol–water partition coefficient (Wildman–Crippen LogP) is 5.90. The number of nitro benzene ring substituents is 1. The van der Waals surface area contributed by atoms with Crippen molar-refractivity contribution in [3.63, 3.8) is 0 Å². The van der Waals surface area contributed by atoms with Crippen molar-refractivity contribution in [2.45, 2.75) is 51.4 Å². The quantitative estimate of drug-likeness (QED) is 0.346. The van der Waals surface area contributed by atoms with Crippen LogP contribution in [-0.2, 0) is 0 Å². The van der Waals surface area contributed by atoms with Crippen molar-refractivity contribution in [1.29, 1.82) is 0 Å². The first-order chi connectivity index (χ1) is 10.3. The first-order valence-electron chi connectivity index (χ1n) is 8.31. The summed E-state index contributed by atoms with van der Waals surface area (Å²) in [5.74, 6) is 0.701. The molecule has 0 amide bonds. The maximum atomic E-state index is 10.8. The summed E-state index contributed by atoms with van der Waals surface area (Å²) in [4.78, 5) is 17.9. The number of nitro groups is 1. The van der Waals surface area contributed by atoms with Gasteiger partial charge in [0.25, 0.3) is 0 Å². The summed E-state index contributed by atoms with van der Waals surface area (Å²) in [6.45, 7) is 0. The Labute approximate surface area is 137 Å². The van der Waals surface area contributed by atoms with Gasteiger partial charge in [0.05, 0.1) is 0 Å². The minimum absolute atomic E-state index is 0.181. The predicted molar refractivity (Wildman–Crippen MR) is 95.8 cm³/mol. The van der Waals surface area contributed by atoms with E-state index >= 15 is 0 Å². The molecule has 0 bridgehead atoms. The molecule has 0 heterocycles. The van der Waals surface area contributed by atoms with E-state index in [0.717, 1.165) is 0 Å². The minimum atomic E-state index is -1.96. The Kier molecular flexibility index (Phi) is 6.07. The zero-order valence-electron chi connectivity index (χ0n) is 14.0. The number of hydrogen-bond acceptors (Lipinski definition) is 2. The monoisotopic (exact) mass is 409 g/mol. The molecule has 0 saturated heterocycles. The van der Waals surface area contributed by atoms with Crippen LogP contribution in [0.15, 0.2) is 30.3 Å². The normalized spacial score (nSPS) is 17.5. The van der Waals surface area contributed by atoms with Crippen LogP contribution < -0.4 is 0 Å². The summed E-state index contributed by atoms with van der Waals surface area (Å²) in [7, 11) is 0. The van der Waals surface area contributed by atoms with Crippen LogP contribution in [0, 0.1) is 16.0 Å². The van der Waals surface area contributed by atoms with Crippen molar-refractivity contribution in [3.8, 4) is 0 Å². The molecule has 120 valence electrons. The van der Waals surface area contributed by atoms with Crippen molar-refractivity contribution in [1.82, 2.24) is 0 Å². The molecule has 0 radical (unpaired) electrons. The zero-order chi connectivity index (χ0) is 16.2. The van der Waals surface area contributed by atoms with Gasteiger partial charge in [-0.3, -0.25) is 0 Å². The summed E-state index contributed by atoms with van der Waals surface area (Å²) in [6, 6.07) is 7.15. The van der Waals surface area contributed by atoms with E-state index in [2.05, 4.69) is 20.9 Å². The van der Waals surface area contributed by atoms with Gasteiger partial charge in [-0.05, 0) is 0 Å². The molecule has 0 unspecified atom stereocenters. The van der Waals surface area contributed by atoms with Gasteiger partial charge < -0.3 is 0 Å². The first kappa shape index (κ1) is 17.5. The Morgan fingerprint density at radius 2 is 1.77 bits per heavy atom. The number of benzene rings is 1. The van der Waals surface area contributed by atoms with E-state index < -0.39 is 18.4 Å². The molecule has 22 heavy (non-hydrogen) atoms. The van der Waals surface area contributed by atoms with E-state index in [9.17, 15) is 10.1 Å². The molecule has 1 aliphatic rings. The third-order valence-corrected chi connectivity index (χ3v) is 8.37. The second-order valence-electron chi connectivity index (χ2n) is 7.63. The van der Waals surface area contributed by atoms with Crippen molar-refractivity contribution in [2.75, 3.05) is 0 Å². The molecular formula is C18H27NO2Sn. The SMILES string of the molecule is [CH3][Sn]([CH3])([CH3])[CH2]/C(=C/C1CCCCC1)c1ccc([N+](=O)[O-])cc1. The van der Waals surface area contributed by atoms with Crippen LogP contribution in [0.1, 0.15) is 37.7 Å². The summed E-state index contributed by atoms with van der Waals surface area (Å²) in [5.41, 5.74) is 2.80. The molecule has 0 spiro atoms. The van der Waals surface area contributed by atoms with E-state index in [1.807, 2.05) is 12.1 Å². The first-order valence-corrected chi connectivity index (χ1v) is 18.9. The summed E-state index contributed by atoms with van der Waals surface area (Å²) in [5, 5.41) is 10.8. The van der Waals surface area contributed by atoms with Crippen molar-refractivity contribution in [2.24, 2.45) is 5.92 Å². The van der Waals surface area contributed by atoms with Gasteiger partial charge in [-0.2, -0.15) is 0 Å². The molecule has 0 atom stereocenters. The van der Waals surface area contributed by atoms with Gasteiger partial charge in [-0.15, -0.1) is 0 Å². The molecule has 2 rings (SSSR count). The molecule has 0 aromatic heterocycles. The van der Waals surface area contributed by atoms with Crippen molar-refractivity contribution in [3.05, 3.63) is 46.0 Å². The van der Waals surface area contributed by atoms with E-state index in [0.29, 0.717) is 5.92 Å². The maximum absolute atomic E-state index is 10.8. The third kappa shape index (κ3) is 5.41. The third-order valence-electron chi connectivity index (χ3n) is 4.26. The zero-order valence-corrected chi connectivity index (χ0v) is 16.8. The molecule has 3 nitrogen and oxygen atoms in total. The Hall–Kier alpha value is -0.841. The van der Waals surface area contributed by atoms with E-state index in [1.165, 1.54) is 47.7 Å². The van der Waals surface area contributed by atoms with Crippen LogP contribution in [0.2, 0.25) is 19.3 Å². The fraction of sp³-hybridized carbons (Fsp3) is 0.556. The molecule has 1 saturated carbocycles. The van der Waals surface area contributed by atoms with Crippen LogP contribution in [0.25, 0.3) is 5.57 Å². The molecule has 1 aromatic rings. The van der Waals surface area contributed by atoms with Crippen LogP contribution in [0.4, 0.5) is 5.69 Å². The molecule has 1 fully saturated rings. The Bertz CT molecular complexity index is 537. The standard InChI is InChI=1S/C15H18NO2.3CH3.Sn/c1-12(11-13-5-3-2-4-6-13)14-7-9-15(10-8-14)16(17)18;;;;/h7-11,13H,1-6H2;3*1H3;/b12-11-;;;;. The average Bonchev–Trinajstić information content (AvgIpc) is 2.46. The number of hydrogen-bond donors (Lipinski definition) is 0. The summed E-state index contributed by atoms with van der Waals surface area (Å²) < 4.78 is 1.21. The van der Waals surface area contributed by atoms with Gasteiger partial charge in [0.15, 0.2) is 0 Å². The number of non-ortho nitro benzene ring substituents is 1. The second kappa shape index (κ2) is 7.62. The fourth-order valence-electron chi connectivity index (χ4n) is 3.21. The van der Waals surface area contributed by atoms with Crippen LogP contribution in [-0.4, -0.2) is 23.3 Å². The van der Waals surface area contributed by atoms with E-state index in [-0.39, 0.29) is 10.6 Å². The van der Waals surface area contributed by atoms with Gasteiger partial charge in [0, 0.05) is 0 Å². The van der Waals surface area contributed by atoms with Crippen LogP contribution >= 0.6 is 0 Å². The topological polar surface area (TPSA) is 43.1 Å². The number of nitrogens with zero attached hydrogens (tertiary/aromatic N) is 1. The van der Waals surface area contributed by atoms with E-state index in [4.69, 9.17) is 0 Å². The van der Waals surface area contributed by atoms with Gasteiger partial charge in [0.1, 0.15) is 0 Å². The molecule has 4 heteroatoms. The fourth-order valence-corrected chi connectivity index (χ4v) is 7.39. The Morgan fingerprint density at radius 1 is 1.18 bits per heavy atom. The average molecular weight is 408 g/mol. The molecular weight excluding hydrogens is 381 g/mol. The molecule has 0 N–H and O–H groups in total. The van der Waals surface area contributed by atoms with Crippen molar-refractivity contribution >= 4 is 29.6 Å². The van der Waals surface area contributed by atoms with Gasteiger partial charge >= 0.3 is 138 Å². The Morgan fingerprint density at radius 3 is 2.27 bits per heavy atom. The molecule has 1 aliphatic carbocycles. The number of rotatable bonds is 5. The summed E-state index contributed by atoms with van der Waals surface area (Å²) in [6.07, 6.45) is 9.14. The van der Waals surface area contributed by atoms with Gasteiger partial charge in [-0.25, -0.2) is 0 Å².